The lowest BCUT2D eigenvalue weighted by molar-refractivity contribution is -0.127. The van der Waals surface area contributed by atoms with Crippen LogP contribution < -0.4 is 10.6 Å². The lowest BCUT2D eigenvalue weighted by atomic mass is 10.1. The van der Waals surface area contributed by atoms with Gasteiger partial charge in [-0.25, -0.2) is 12.8 Å². The average molecular weight is 342 g/mol. The van der Waals surface area contributed by atoms with Gasteiger partial charge in [0.15, 0.2) is 9.84 Å². The van der Waals surface area contributed by atoms with E-state index >= 15 is 0 Å². The fourth-order valence-corrected chi connectivity index (χ4v) is 3.72. The number of halogens is 1. The molecule has 6 nitrogen and oxygen atoms in total. The van der Waals surface area contributed by atoms with Crippen molar-refractivity contribution in [1.29, 1.82) is 0 Å². The molecule has 0 aromatic heterocycles. The standard InChI is InChI=1S/C15H19FN2O4S/c16-12-5-3-4-11(8-12)9-23(21,22)10-14(19)18-13-6-1-2-7-17-15(13)20/h3-5,8,13H,1-2,6-7,9-10H2,(H,17,20)(H,18,19)/t13-/m0/s1. The smallest absolute Gasteiger partial charge is 0.242 e. The second-order valence-electron chi connectivity index (χ2n) is 5.57. The minimum absolute atomic E-state index is 0.282. The average Bonchev–Trinajstić information content (AvgIpc) is 2.63. The summed E-state index contributed by atoms with van der Waals surface area (Å²) in [5, 5.41) is 5.12. The summed E-state index contributed by atoms with van der Waals surface area (Å²) in [6.45, 7) is 0.559. The molecule has 126 valence electrons. The highest BCUT2D eigenvalue weighted by Crippen LogP contribution is 2.10. The molecule has 1 saturated heterocycles. The zero-order valence-corrected chi connectivity index (χ0v) is 13.4. The van der Waals surface area contributed by atoms with Crippen molar-refractivity contribution >= 4 is 21.7 Å². The van der Waals surface area contributed by atoms with Gasteiger partial charge < -0.3 is 10.6 Å². The zero-order chi connectivity index (χ0) is 16.9. The van der Waals surface area contributed by atoms with E-state index in [0.717, 1.165) is 18.9 Å². The van der Waals surface area contributed by atoms with Crippen molar-refractivity contribution in [3.63, 3.8) is 0 Å². The molecular weight excluding hydrogens is 323 g/mol. The highest BCUT2D eigenvalue weighted by Gasteiger charge is 2.25. The van der Waals surface area contributed by atoms with Crippen molar-refractivity contribution in [3.05, 3.63) is 35.6 Å². The second-order valence-corrected chi connectivity index (χ2v) is 7.63. The molecule has 0 radical (unpaired) electrons. The second kappa shape index (κ2) is 7.54. The third-order valence-electron chi connectivity index (χ3n) is 3.50. The first-order valence-corrected chi connectivity index (χ1v) is 9.20. The van der Waals surface area contributed by atoms with Crippen LogP contribution in [0.3, 0.4) is 0 Å². The molecule has 1 aromatic rings. The summed E-state index contributed by atoms with van der Waals surface area (Å²) in [6.07, 6.45) is 2.09. The first kappa shape index (κ1) is 17.4. The van der Waals surface area contributed by atoms with E-state index in [1.54, 1.807) is 0 Å². The maximum atomic E-state index is 13.1. The fourth-order valence-electron chi connectivity index (χ4n) is 2.44. The topological polar surface area (TPSA) is 92.3 Å². The van der Waals surface area contributed by atoms with Gasteiger partial charge in [0.25, 0.3) is 0 Å². The molecule has 2 rings (SSSR count). The summed E-state index contributed by atoms with van der Waals surface area (Å²) in [7, 11) is -3.74. The normalized spacial score (nSPS) is 18.8. The number of benzene rings is 1. The Kier molecular flexibility index (Phi) is 5.70. The monoisotopic (exact) mass is 342 g/mol. The molecule has 0 aliphatic carbocycles. The van der Waals surface area contributed by atoms with Crippen molar-refractivity contribution < 1.29 is 22.4 Å². The zero-order valence-electron chi connectivity index (χ0n) is 12.5. The number of carbonyl (C=O) groups is 2. The van der Waals surface area contributed by atoms with Crippen LogP contribution in [-0.2, 0) is 25.2 Å². The van der Waals surface area contributed by atoms with Gasteiger partial charge in [0.05, 0.1) is 5.75 Å². The van der Waals surface area contributed by atoms with Gasteiger partial charge in [-0.2, -0.15) is 0 Å². The number of carbonyl (C=O) groups excluding carboxylic acids is 2. The molecule has 1 atom stereocenters. The van der Waals surface area contributed by atoms with Crippen LogP contribution in [0.4, 0.5) is 4.39 Å². The van der Waals surface area contributed by atoms with Crippen LogP contribution in [0.25, 0.3) is 0 Å². The molecule has 1 aliphatic heterocycles. The maximum Gasteiger partial charge on any atom is 0.242 e. The summed E-state index contributed by atoms with van der Waals surface area (Å²) in [5.74, 6) is -2.69. The van der Waals surface area contributed by atoms with Gasteiger partial charge in [-0.05, 0) is 37.0 Å². The van der Waals surface area contributed by atoms with Crippen molar-refractivity contribution in [2.24, 2.45) is 0 Å². The molecule has 1 heterocycles. The lowest BCUT2D eigenvalue weighted by Crippen LogP contribution is -2.47. The highest BCUT2D eigenvalue weighted by atomic mass is 32.2. The van der Waals surface area contributed by atoms with Crippen molar-refractivity contribution in [2.75, 3.05) is 12.3 Å². The van der Waals surface area contributed by atoms with E-state index in [9.17, 15) is 22.4 Å². The van der Waals surface area contributed by atoms with Crippen LogP contribution in [0.1, 0.15) is 24.8 Å². The largest absolute Gasteiger partial charge is 0.354 e. The van der Waals surface area contributed by atoms with E-state index in [1.807, 2.05) is 0 Å². The van der Waals surface area contributed by atoms with E-state index in [2.05, 4.69) is 10.6 Å². The van der Waals surface area contributed by atoms with Crippen molar-refractivity contribution in [1.82, 2.24) is 10.6 Å². The quantitative estimate of drug-likeness (QED) is 0.816. The van der Waals surface area contributed by atoms with Gasteiger partial charge in [-0.15, -0.1) is 0 Å². The molecular formula is C15H19FN2O4S. The van der Waals surface area contributed by atoms with E-state index in [1.165, 1.54) is 18.2 Å². The maximum absolute atomic E-state index is 13.1. The van der Waals surface area contributed by atoms with Gasteiger partial charge in [0.1, 0.15) is 17.6 Å². The van der Waals surface area contributed by atoms with Crippen LogP contribution in [0, 0.1) is 5.82 Å². The SMILES string of the molecule is O=C(CS(=O)(=O)Cc1cccc(F)c1)N[C@H]1CCCCNC1=O. The Morgan fingerprint density at radius 3 is 2.87 bits per heavy atom. The number of rotatable bonds is 5. The van der Waals surface area contributed by atoms with Crippen LogP contribution in [0.5, 0.6) is 0 Å². The number of nitrogens with one attached hydrogen (secondary N) is 2. The van der Waals surface area contributed by atoms with Gasteiger partial charge >= 0.3 is 0 Å². The molecule has 1 aromatic carbocycles. The molecule has 0 spiro atoms. The van der Waals surface area contributed by atoms with Crippen LogP contribution in [0.15, 0.2) is 24.3 Å². The van der Waals surface area contributed by atoms with Gasteiger partial charge in [-0.3, -0.25) is 9.59 Å². The van der Waals surface area contributed by atoms with Gasteiger partial charge in [-0.1, -0.05) is 12.1 Å². The van der Waals surface area contributed by atoms with E-state index in [4.69, 9.17) is 0 Å². The molecule has 23 heavy (non-hydrogen) atoms. The third kappa shape index (κ3) is 5.63. The Morgan fingerprint density at radius 2 is 2.13 bits per heavy atom. The summed E-state index contributed by atoms with van der Waals surface area (Å²) in [6, 6.07) is 4.53. The summed E-state index contributed by atoms with van der Waals surface area (Å²) < 4.78 is 37.1. The molecule has 2 N–H and O–H groups in total. The third-order valence-corrected chi connectivity index (χ3v) is 4.97. The Morgan fingerprint density at radius 1 is 1.35 bits per heavy atom. The van der Waals surface area contributed by atoms with Crippen LogP contribution in [-0.4, -0.2) is 38.6 Å². The van der Waals surface area contributed by atoms with Gasteiger partial charge in [0, 0.05) is 6.54 Å². The summed E-state index contributed by atoms with van der Waals surface area (Å²) >= 11 is 0. The predicted octanol–water partition coefficient (Wildman–Crippen LogP) is 0.525. The first-order valence-electron chi connectivity index (χ1n) is 7.38. The molecule has 1 aliphatic rings. The predicted molar refractivity (Wildman–Crippen MR) is 82.7 cm³/mol. The number of hydrogen-bond donors (Lipinski definition) is 2. The number of amides is 2. The van der Waals surface area contributed by atoms with Crippen LogP contribution in [0.2, 0.25) is 0 Å². The Hall–Kier alpha value is -1.96. The minimum Gasteiger partial charge on any atom is -0.354 e. The summed E-state index contributed by atoms with van der Waals surface area (Å²) in [5.41, 5.74) is 0.282. The Balaban J connectivity index is 1.94. The molecule has 0 unspecified atom stereocenters. The molecule has 1 fully saturated rings. The van der Waals surface area contributed by atoms with E-state index in [0.29, 0.717) is 13.0 Å². The highest BCUT2D eigenvalue weighted by molar-refractivity contribution is 7.91. The fraction of sp³-hybridized carbons (Fsp3) is 0.467. The van der Waals surface area contributed by atoms with E-state index < -0.39 is 39.1 Å². The summed E-state index contributed by atoms with van der Waals surface area (Å²) in [4.78, 5) is 23.6. The number of sulfone groups is 1. The molecule has 0 saturated carbocycles. The number of hydrogen-bond acceptors (Lipinski definition) is 4. The first-order chi connectivity index (χ1) is 10.9. The van der Waals surface area contributed by atoms with E-state index in [-0.39, 0.29) is 11.5 Å². The molecule has 2 amide bonds. The van der Waals surface area contributed by atoms with Crippen LogP contribution >= 0.6 is 0 Å². The Labute approximate surface area is 134 Å². The minimum atomic E-state index is -3.74. The van der Waals surface area contributed by atoms with Crippen molar-refractivity contribution in [2.45, 2.75) is 31.1 Å². The molecule has 0 bridgehead atoms. The van der Waals surface area contributed by atoms with Crippen molar-refractivity contribution in [3.8, 4) is 0 Å². The Bertz CT molecular complexity index is 690. The van der Waals surface area contributed by atoms with Gasteiger partial charge in [0.2, 0.25) is 11.8 Å². The molecule has 8 heteroatoms. The lowest BCUT2D eigenvalue weighted by Gasteiger charge is -2.15.